The summed E-state index contributed by atoms with van der Waals surface area (Å²) in [5, 5.41) is 5.89. The van der Waals surface area contributed by atoms with E-state index in [4.69, 9.17) is 4.74 Å². The number of ether oxygens (including phenoxy) is 1. The van der Waals surface area contributed by atoms with Gasteiger partial charge in [0.25, 0.3) is 0 Å². The van der Waals surface area contributed by atoms with Gasteiger partial charge in [-0.2, -0.15) is 0 Å². The molecule has 7 nitrogen and oxygen atoms in total. The van der Waals surface area contributed by atoms with Crippen molar-refractivity contribution < 1.29 is 9.53 Å². The van der Waals surface area contributed by atoms with E-state index in [2.05, 4.69) is 56.7 Å². The number of amides is 1. The molecule has 26 heavy (non-hydrogen) atoms. The summed E-state index contributed by atoms with van der Waals surface area (Å²) in [6, 6.07) is 12.0. The first-order valence-corrected chi connectivity index (χ1v) is 8.84. The molecule has 0 radical (unpaired) electrons. The first-order valence-electron chi connectivity index (χ1n) is 8.84. The van der Waals surface area contributed by atoms with E-state index in [0.717, 1.165) is 37.6 Å². The molecule has 0 saturated carbocycles. The lowest BCUT2D eigenvalue weighted by molar-refractivity contribution is 0.168. The van der Waals surface area contributed by atoms with Gasteiger partial charge in [-0.25, -0.2) is 9.78 Å². The van der Waals surface area contributed by atoms with Crippen LogP contribution in [0.25, 0.3) is 0 Å². The molecule has 1 fully saturated rings. The Morgan fingerprint density at radius 1 is 1.08 bits per heavy atom. The van der Waals surface area contributed by atoms with Gasteiger partial charge in [-0.15, -0.1) is 0 Å². The van der Waals surface area contributed by atoms with Gasteiger partial charge >= 0.3 is 6.09 Å². The van der Waals surface area contributed by atoms with Crippen molar-refractivity contribution >= 4 is 29.0 Å². The number of hydrogen-bond donors (Lipinski definition) is 2. The molecule has 3 rings (SSSR count). The summed E-state index contributed by atoms with van der Waals surface area (Å²) in [6.07, 6.45) is 1.18. The van der Waals surface area contributed by atoms with E-state index in [1.54, 1.807) is 19.2 Å². The minimum Gasteiger partial charge on any atom is -0.450 e. The predicted molar refractivity (Wildman–Crippen MR) is 104 cm³/mol. The highest BCUT2D eigenvalue weighted by Gasteiger charge is 2.13. The number of pyridine rings is 1. The van der Waals surface area contributed by atoms with Gasteiger partial charge in [0, 0.05) is 37.6 Å². The SMILES string of the molecule is CCOC(=O)Nc1ccc(Nc2ccc(N3CCN(C)CC3)cc2)cn1. The minimum atomic E-state index is -0.500. The number of piperazine rings is 1. The van der Waals surface area contributed by atoms with E-state index in [1.807, 2.05) is 6.07 Å². The molecule has 0 spiro atoms. The van der Waals surface area contributed by atoms with Crippen molar-refractivity contribution in [3.8, 4) is 0 Å². The first-order chi connectivity index (χ1) is 12.6. The predicted octanol–water partition coefficient (Wildman–Crippen LogP) is 3.15. The van der Waals surface area contributed by atoms with Crippen LogP contribution < -0.4 is 15.5 Å². The Hall–Kier alpha value is -2.80. The fraction of sp³-hybridized carbons (Fsp3) is 0.368. The highest BCUT2D eigenvalue weighted by atomic mass is 16.5. The van der Waals surface area contributed by atoms with Gasteiger partial charge in [0.05, 0.1) is 18.5 Å². The van der Waals surface area contributed by atoms with Crippen LogP contribution in [0.5, 0.6) is 0 Å². The minimum absolute atomic E-state index is 0.329. The number of nitrogens with zero attached hydrogens (tertiary/aromatic N) is 3. The van der Waals surface area contributed by atoms with Crippen molar-refractivity contribution in [3.63, 3.8) is 0 Å². The molecule has 0 unspecified atom stereocenters. The first kappa shape index (κ1) is 18.0. The second kappa shape index (κ2) is 8.53. The summed E-state index contributed by atoms with van der Waals surface area (Å²) in [5.74, 6) is 0.458. The lowest BCUT2D eigenvalue weighted by atomic mass is 10.2. The molecule has 0 atom stereocenters. The van der Waals surface area contributed by atoms with Gasteiger partial charge in [-0.05, 0) is 50.4 Å². The second-order valence-electron chi connectivity index (χ2n) is 6.24. The number of carbonyl (C=O) groups is 1. The lowest BCUT2D eigenvalue weighted by Crippen LogP contribution is -2.44. The van der Waals surface area contributed by atoms with Crippen LogP contribution in [0.4, 0.5) is 27.7 Å². The quantitative estimate of drug-likeness (QED) is 0.859. The summed E-state index contributed by atoms with van der Waals surface area (Å²) in [4.78, 5) is 20.3. The topological polar surface area (TPSA) is 69.7 Å². The number of benzene rings is 1. The number of hydrogen-bond acceptors (Lipinski definition) is 6. The molecule has 2 N–H and O–H groups in total. The Kier molecular flexibility index (Phi) is 5.91. The van der Waals surface area contributed by atoms with Gasteiger partial charge in [-0.3, -0.25) is 5.32 Å². The average molecular weight is 355 g/mol. The van der Waals surface area contributed by atoms with Crippen molar-refractivity contribution in [3.05, 3.63) is 42.6 Å². The van der Waals surface area contributed by atoms with Crippen molar-refractivity contribution in [2.24, 2.45) is 0 Å². The third-order valence-electron chi connectivity index (χ3n) is 4.29. The van der Waals surface area contributed by atoms with Crippen molar-refractivity contribution in [2.45, 2.75) is 6.92 Å². The van der Waals surface area contributed by atoms with Crippen molar-refractivity contribution in [2.75, 3.05) is 55.4 Å². The summed E-state index contributed by atoms with van der Waals surface area (Å²) < 4.78 is 4.83. The third-order valence-corrected chi connectivity index (χ3v) is 4.29. The Bertz CT molecular complexity index is 710. The van der Waals surface area contributed by atoms with Gasteiger partial charge in [-0.1, -0.05) is 0 Å². The number of anilines is 4. The van der Waals surface area contributed by atoms with E-state index in [-0.39, 0.29) is 0 Å². The monoisotopic (exact) mass is 355 g/mol. The van der Waals surface area contributed by atoms with Crippen molar-refractivity contribution in [1.29, 1.82) is 0 Å². The molecule has 1 saturated heterocycles. The van der Waals surface area contributed by atoms with Crippen LogP contribution >= 0.6 is 0 Å². The summed E-state index contributed by atoms with van der Waals surface area (Å²) in [5.41, 5.74) is 3.10. The van der Waals surface area contributed by atoms with Crippen LogP contribution in [0.1, 0.15) is 6.92 Å². The molecular formula is C19H25N5O2. The summed E-state index contributed by atoms with van der Waals surface area (Å²) in [6.45, 7) is 6.39. The molecule has 1 aliphatic heterocycles. The lowest BCUT2D eigenvalue weighted by Gasteiger charge is -2.34. The zero-order valence-electron chi connectivity index (χ0n) is 15.2. The van der Waals surface area contributed by atoms with Gasteiger partial charge in [0.1, 0.15) is 5.82 Å². The highest BCUT2D eigenvalue weighted by molar-refractivity contribution is 5.83. The normalized spacial score (nSPS) is 14.8. The van der Waals surface area contributed by atoms with Gasteiger partial charge in [0.15, 0.2) is 0 Å². The second-order valence-corrected chi connectivity index (χ2v) is 6.24. The average Bonchev–Trinajstić information content (AvgIpc) is 2.65. The molecule has 138 valence electrons. The summed E-state index contributed by atoms with van der Waals surface area (Å²) >= 11 is 0. The molecule has 0 aliphatic carbocycles. The third kappa shape index (κ3) is 4.86. The molecule has 1 aliphatic rings. The Morgan fingerprint density at radius 3 is 2.38 bits per heavy atom. The Morgan fingerprint density at radius 2 is 1.77 bits per heavy atom. The maximum Gasteiger partial charge on any atom is 0.412 e. The number of likely N-dealkylation sites (N-methyl/N-ethyl adjacent to an activating group) is 1. The van der Waals surface area contributed by atoms with Crippen LogP contribution in [0, 0.1) is 0 Å². The maximum atomic E-state index is 11.4. The zero-order chi connectivity index (χ0) is 18.4. The molecule has 1 aromatic heterocycles. The molecular weight excluding hydrogens is 330 g/mol. The van der Waals surface area contributed by atoms with E-state index >= 15 is 0 Å². The van der Waals surface area contributed by atoms with E-state index in [9.17, 15) is 4.79 Å². The van der Waals surface area contributed by atoms with Gasteiger partial charge in [0.2, 0.25) is 0 Å². The number of carbonyl (C=O) groups excluding carboxylic acids is 1. The highest BCUT2D eigenvalue weighted by Crippen LogP contribution is 2.22. The smallest absolute Gasteiger partial charge is 0.412 e. The van der Waals surface area contributed by atoms with Crippen LogP contribution in [0.15, 0.2) is 42.6 Å². The fourth-order valence-electron chi connectivity index (χ4n) is 2.80. The van der Waals surface area contributed by atoms with Crippen LogP contribution in [0.2, 0.25) is 0 Å². The molecule has 2 aromatic rings. The van der Waals surface area contributed by atoms with Crippen LogP contribution in [0.3, 0.4) is 0 Å². The number of nitrogens with one attached hydrogen (secondary N) is 2. The number of rotatable bonds is 5. The maximum absolute atomic E-state index is 11.4. The van der Waals surface area contributed by atoms with E-state index < -0.39 is 6.09 Å². The standard InChI is InChI=1S/C19H25N5O2/c1-3-26-19(25)22-18-9-6-16(14-20-18)21-15-4-7-17(8-5-15)24-12-10-23(2)11-13-24/h4-9,14,21H,3,10-13H2,1-2H3,(H,20,22,25). The van der Waals surface area contributed by atoms with Crippen LogP contribution in [-0.4, -0.2) is 55.8 Å². The van der Waals surface area contributed by atoms with Gasteiger partial charge < -0.3 is 19.9 Å². The Labute approximate surface area is 154 Å². The van der Waals surface area contributed by atoms with E-state index in [1.165, 1.54) is 5.69 Å². The molecule has 1 aromatic carbocycles. The molecule has 1 amide bonds. The fourth-order valence-corrected chi connectivity index (χ4v) is 2.80. The molecule has 0 bridgehead atoms. The largest absolute Gasteiger partial charge is 0.450 e. The van der Waals surface area contributed by atoms with E-state index in [0.29, 0.717) is 12.4 Å². The summed E-state index contributed by atoms with van der Waals surface area (Å²) in [7, 11) is 2.16. The Balaban J connectivity index is 1.56. The van der Waals surface area contributed by atoms with Crippen LogP contribution in [-0.2, 0) is 4.74 Å². The number of aromatic nitrogens is 1. The van der Waals surface area contributed by atoms with Crippen molar-refractivity contribution in [1.82, 2.24) is 9.88 Å². The zero-order valence-corrected chi connectivity index (χ0v) is 15.2. The molecule has 2 heterocycles. The molecule has 7 heteroatoms.